The van der Waals surface area contributed by atoms with Gasteiger partial charge in [-0.25, -0.2) is 0 Å². The van der Waals surface area contributed by atoms with E-state index in [1.807, 2.05) is 19.1 Å². The molecule has 0 spiro atoms. The fraction of sp³-hybridized carbons (Fsp3) is 0.545. The molecule has 0 aliphatic rings. The number of nitrogens with zero attached hydrogens (tertiary/aromatic N) is 1. The predicted octanol–water partition coefficient (Wildman–Crippen LogP) is 2.76. The molecule has 0 aromatic carbocycles. The van der Waals surface area contributed by atoms with Gasteiger partial charge < -0.3 is 5.11 Å². The summed E-state index contributed by atoms with van der Waals surface area (Å²) in [5.74, 6) is -0.861. The molecule has 0 aliphatic carbocycles. The molecule has 5 nitrogen and oxygen atoms in total. The van der Waals surface area contributed by atoms with Gasteiger partial charge in [-0.3, -0.25) is 14.9 Å². The van der Waals surface area contributed by atoms with Gasteiger partial charge in [0.05, 0.1) is 4.92 Å². The Bertz CT molecular complexity index is 294. The van der Waals surface area contributed by atoms with Crippen molar-refractivity contribution >= 4 is 5.97 Å². The molecular formula is C11H17NO4. The van der Waals surface area contributed by atoms with Gasteiger partial charge in [0.25, 0.3) is 0 Å². The number of allylic oxidation sites excluding steroid dienone is 4. The molecule has 0 bridgehead atoms. The van der Waals surface area contributed by atoms with Crippen LogP contribution in [0, 0.1) is 10.1 Å². The van der Waals surface area contributed by atoms with Crippen LogP contribution in [-0.2, 0) is 4.79 Å². The van der Waals surface area contributed by atoms with Crippen LogP contribution in [0.15, 0.2) is 23.9 Å². The number of carboxylic acid groups (broad SMARTS) is 1. The van der Waals surface area contributed by atoms with E-state index in [2.05, 4.69) is 0 Å². The van der Waals surface area contributed by atoms with E-state index in [4.69, 9.17) is 5.11 Å². The Morgan fingerprint density at radius 3 is 2.50 bits per heavy atom. The molecule has 5 heteroatoms. The molecule has 1 N–H and O–H groups in total. The lowest BCUT2D eigenvalue weighted by molar-refractivity contribution is -0.428. The second kappa shape index (κ2) is 8.64. The van der Waals surface area contributed by atoms with E-state index in [1.165, 1.54) is 0 Å². The van der Waals surface area contributed by atoms with Gasteiger partial charge in [-0.05, 0) is 32.3 Å². The zero-order valence-electron chi connectivity index (χ0n) is 9.39. The molecule has 90 valence electrons. The van der Waals surface area contributed by atoms with Crippen molar-refractivity contribution in [3.05, 3.63) is 34.0 Å². The first-order valence-electron chi connectivity index (χ1n) is 5.24. The van der Waals surface area contributed by atoms with E-state index in [0.29, 0.717) is 25.7 Å². The molecule has 0 heterocycles. The molecule has 0 aromatic heterocycles. The van der Waals surface area contributed by atoms with Gasteiger partial charge in [-0.15, -0.1) is 0 Å². The molecule has 0 unspecified atom stereocenters. The highest BCUT2D eigenvalue weighted by molar-refractivity contribution is 5.66. The van der Waals surface area contributed by atoms with Crippen LogP contribution in [0.3, 0.4) is 0 Å². The van der Waals surface area contributed by atoms with Crippen molar-refractivity contribution in [3.63, 3.8) is 0 Å². The number of rotatable bonds is 8. The minimum atomic E-state index is -0.861. The maximum Gasteiger partial charge on any atom is 0.303 e. The standard InChI is InChI=1S/C11H17NO4/c1-2-3-4-7-10(12(15)16)8-5-6-9-11(13)14/h2-3,7H,4-6,8-9H2,1H3,(H,13,14)/b3-2-,10-7+. The van der Waals surface area contributed by atoms with Crippen LogP contribution in [0.2, 0.25) is 0 Å². The lowest BCUT2D eigenvalue weighted by Crippen LogP contribution is -2.00. The Balaban J connectivity index is 3.99. The van der Waals surface area contributed by atoms with Gasteiger partial charge in [-0.1, -0.05) is 12.2 Å². The second-order valence-electron chi connectivity index (χ2n) is 3.36. The van der Waals surface area contributed by atoms with Gasteiger partial charge in [0.15, 0.2) is 0 Å². The molecule has 0 aliphatic heterocycles. The lowest BCUT2D eigenvalue weighted by atomic mass is 10.1. The number of nitro groups is 1. The second-order valence-corrected chi connectivity index (χ2v) is 3.36. The molecule has 0 aromatic rings. The molecule has 0 rings (SSSR count). The van der Waals surface area contributed by atoms with Crippen LogP contribution < -0.4 is 0 Å². The van der Waals surface area contributed by atoms with Crippen LogP contribution >= 0.6 is 0 Å². The largest absolute Gasteiger partial charge is 0.481 e. The van der Waals surface area contributed by atoms with Crippen LogP contribution in [0.4, 0.5) is 0 Å². The van der Waals surface area contributed by atoms with E-state index in [1.54, 1.807) is 6.08 Å². The Morgan fingerprint density at radius 1 is 1.38 bits per heavy atom. The van der Waals surface area contributed by atoms with Crippen molar-refractivity contribution in [1.29, 1.82) is 0 Å². The number of carboxylic acids is 1. The lowest BCUT2D eigenvalue weighted by Gasteiger charge is -1.97. The fourth-order valence-electron chi connectivity index (χ4n) is 1.19. The highest BCUT2D eigenvalue weighted by Crippen LogP contribution is 2.10. The van der Waals surface area contributed by atoms with E-state index < -0.39 is 10.9 Å². The third kappa shape index (κ3) is 7.73. The third-order valence-corrected chi connectivity index (χ3v) is 2.03. The maximum atomic E-state index is 10.6. The summed E-state index contributed by atoms with van der Waals surface area (Å²) in [4.78, 5) is 20.5. The highest BCUT2D eigenvalue weighted by Gasteiger charge is 2.09. The number of carbonyl (C=O) groups is 1. The monoisotopic (exact) mass is 227 g/mol. The molecular weight excluding hydrogens is 210 g/mol. The van der Waals surface area contributed by atoms with Gasteiger partial charge in [0.1, 0.15) is 0 Å². The van der Waals surface area contributed by atoms with Crippen LogP contribution in [0.25, 0.3) is 0 Å². The van der Waals surface area contributed by atoms with Crippen LogP contribution in [0.5, 0.6) is 0 Å². The van der Waals surface area contributed by atoms with Gasteiger partial charge in [0, 0.05) is 12.8 Å². The number of hydrogen-bond donors (Lipinski definition) is 1. The van der Waals surface area contributed by atoms with Crippen molar-refractivity contribution in [2.75, 3.05) is 0 Å². The molecule has 16 heavy (non-hydrogen) atoms. The zero-order valence-corrected chi connectivity index (χ0v) is 9.39. The molecule has 0 saturated heterocycles. The smallest absolute Gasteiger partial charge is 0.303 e. The summed E-state index contributed by atoms with van der Waals surface area (Å²) in [6.07, 6.45) is 7.20. The van der Waals surface area contributed by atoms with Gasteiger partial charge in [-0.2, -0.15) is 0 Å². The topological polar surface area (TPSA) is 80.4 Å². The van der Waals surface area contributed by atoms with E-state index in [-0.39, 0.29) is 12.1 Å². The van der Waals surface area contributed by atoms with Crippen molar-refractivity contribution in [3.8, 4) is 0 Å². The minimum absolute atomic E-state index is 0.0693. The summed E-state index contributed by atoms with van der Waals surface area (Å²) >= 11 is 0. The number of unbranched alkanes of at least 4 members (excludes halogenated alkanes) is 1. The number of hydrogen-bond acceptors (Lipinski definition) is 3. The van der Waals surface area contributed by atoms with Crippen LogP contribution in [-0.4, -0.2) is 16.0 Å². The number of aliphatic carboxylic acids is 1. The molecule has 0 radical (unpaired) electrons. The molecule has 0 saturated carbocycles. The van der Waals surface area contributed by atoms with E-state index in [0.717, 1.165) is 0 Å². The first-order valence-corrected chi connectivity index (χ1v) is 5.24. The Morgan fingerprint density at radius 2 is 2.00 bits per heavy atom. The zero-order chi connectivity index (χ0) is 12.4. The minimum Gasteiger partial charge on any atom is -0.481 e. The Kier molecular flexibility index (Phi) is 7.75. The van der Waals surface area contributed by atoms with Crippen molar-refractivity contribution in [2.24, 2.45) is 0 Å². The average Bonchev–Trinajstić information content (AvgIpc) is 2.21. The Hall–Kier alpha value is -1.65. The van der Waals surface area contributed by atoms with Crippen molar-refractivity contribution < 1.29 is 14.8 Å². The van der Waals surface area contributed by atoms with Crippen molar-refractivity contribution in [1.82, 2.24) is 0 Å². The molecule has 0 atom stereocenters. The summed E-state index contributed by atoms with van der Waals surface area (Å²) in [7, 11) is 0. The molecule has 0 fully saturated rings. The van der Waals surface area contributed by atoms with E-state index >= 15 is 0 Å². The normalized spacial score (nSPS) is 11.9. The highest BCUT2D eigenvalue weighted by atomic mass is 16.6. The van der Waals surface area contributed by atoms with Crippen LogP contribution in [0.1, 0.15) is 39.0 Å². The van der Waals surface area contributed by atoms with Gasteiger partial charge >= 0.3 is 5.97 Å². The predicted molar refractivity (Wildman–Crippen MR) is 60.6 cm³/mol. The van der Waals surface area contributed by atoms with Gasteiger partial charge in [0.2, 0.25) is 5.70 Å². The first-order chi connectivity index (χ1) is 7.57. The summed E-state index contributed by atoms with van der Waals surface area (Å²) in [6, 6.07) is 0. The average molecular weight is 227 g/mol. The quantitative estimate of drug-likeness (QED) is 0.299. The fourth-order valence-corrected chi connectivity index (χ4v) is 1.19. The van der Waals surface area contributed by atoms with Crippen molar-refractivity contribution in [2.45, 2.75) is 39.0 Å². The SMILES string of the molecule is C/C=C\C/C=C(\CCCCC(=O)O)[N+](=O)[O-]. The summed E-state index contributed by atoms with van der Waals surface area (Å²) in [6.45, 7) is 1.85. The third-order valence-electron chi connectivity index (χ3n) is 2.03. The summed E-state index contributed by atoms with van der Waals surface area (Å²) < 4.78 is 0. The first kappa shape index (κ1) is 14.3. The maximum absolute atomic E-state index is 10.6. The summed E-state index contributed by atoms with van der Waals surface area (Å²) in [5.41, 5.74) is 0.170. The molecule has 0 amide bonds. The Labute approximate surface area is 94.6 Å². The van der Waals surface area contributed by atoms with E-state index in [9.17, 15) is 14.9 Å². The summed E-state index contributed by atoms with van der Waals surface area (Å²) in [5, 5.41) is 19.0.